The van der Waals surface area contributed by atoms with Crippen LogP contribution in [0.2, 0.25) is 0 Å². The van der Waals surface area contributed by atoms with Gasteiger partial charge in [-0.05, 0) is 37.6 Å². The van der Waals surface area contributed by atoms with E-state index >= 15 is 0 Å². The number of carboxylic acids is 1. The van der Waals surface area contributed by atoms with Crippen molar-refractivity contribution >= 4 is 17.6 Å². The minimum atomic E-state index is -0.803. The highest BCUT2D eigenvalue weighted by molar-refractivity contribution is 5.93. The molecule has 4 N–H and O–H groups in total. The number of anilines is 1. The molecular weight excluding hydrogens is 220 g/mol. The van der Waals surface area contributed by atoms with Crippen molar-refractivity contribution in [2.75, 3.05) is 5.32 Å². The Morgan fingerprint density at radius 3 is 2.41 bits per heavy atom. The first-order chi connectivity index (χ1) is 7.99. The number of rotatable bonds is 6. The van der Waals surface area contributed by atoms with Gasteiger partial charge in [0.1, 0.15) is 0 Å². The first-order valence-corrected chi connectivity index (χ1v) is 5.37. The second-order valence-corrected chi connectivity index (χ2v) is 3.92. The number of nitrogens with one attached hydrogen (secondary N) is 1. The van der Waals surface area contributed by atoms with Gasteiger partial charge in [0.15, 0.2) is 0 Å². The predicted octanol–water partition coefficient (Wildman–Crippen LogP) is 1.45. The highest BCUT2D eigenvalue weighted by Gasteiger charge is 2.06. The van der Waals surface area contributed by atoms with Crippen LogP contribution in [0.25, 0.3) is 0 Å². The Morgan fingerprint density at radius 1 is 1.35 bits per heavy atom. The lowest BCUT2D eigenvalue weighted by atomic mass is 10.1. The molecular formula is C12H16N2O3. The van der Waals surface area contributed by atoms with Crippen LogP contribution in [0.4, 0.5) is 5.69 Å². The zero-order chi connectivity index (χ0) is 12.8. The number of primary amides is 1. The summed E-state index contributed by atoms with van der Waals surface area (Å²) in [6.45, 7) is 1.91. The van der Waals surface area contributed by atoms with E-state index in [-0.39, 0.29) is 12.5 Å². The summed E-state index contributed by atoms with van der Waals surface area (Å²) in [7, 11) is 0. The maximum atomic E-state index is 10.8. The average molecular weight is 236 g/mol. The van der Waals surface area contributed by atoms with Crippen LogP contribution < -0.4 is 11.1 Å². The summed E-state index contributed by atoms with van der Waals surface area (Å²) >= 11 is 0. The molecule has 0 fully saturated rings. The zero-order valence-corrected chi connectivity index (χ0v) is 9.64. The molecule has 5 nitrogen and oxygen atoms in total. The topological polar surface area (TPSA) is 92.4 Å². The van der Waals surface area contributed by atoms with E-state index in [1.807, 2.05) is 6.92 Å². The van der Waals surface area contributed by atoms with Crippen LogP contribution in [0.3, 0.4) is 0 Å². The molecule has 0 aromatic heterocycles. The summed E-state index contributed by atoms with van der Waals surface area (Å²) in [6, 6.07) is 6.82. The van der Waals surface area contributed by atoms with Gasteiger partial charge in [-0.25, -0.2) is 0 Å². The first-order valence-electron chi connectivity index (χ1n) is 5.37. The highest BCUT2D eigenvalue weighted by atomic mass is 16.4. The Morgan fingerprint density at radius 2 is 1.94 bits per heavy atom. The monoisotopic (exact) mass is 236 g/mol. The van der Waals surface area contributed by atoms with Crippen LogP contribution in [-0.4, -0.2) is 23.0 Å². The van der Waals surface area contributed by atoms with Crippen LogP contribution in [-0.2, 0) is 4.79 Å². The molecule has 1 unspecified atom stereocenters. The third-order valence-corrected chi connectivity index (χ3v) is 2.37. The number of nitrogens with two attached hydrogens (primary N) is 1. The summed E-state index contributed by atoms with van der Waals surface area (Å²) in [5.74, 6) is -1.27. The minimum absolute atomic E-state index is 0.0607. The molecule has 0 radical (unpaired) electrons. The Bertz CT molecular complexity index is 401. The molecule has 0 aliphatic carbocycles. The third kappa shape index (κ3) is 4.55. The van der Waals surface area contributed by atoms with Crippen molar-refractivity contribution < 1.29 is 14.7 Å². The quantitative estimate of drug-likeness (QED) is 0.697. The Labute approximate surface area is 99.6 Å². The number of hydrogen-bond acceptors (Lipinski definition) is 3. The molecule has 92 valence electrons. The summed E-state index contributed by atoms with van der Waals surface area (Å²) in [5, 5.41) is 11.7. The van der Waals surface area contributed by atoms with Crippen molar-refractivity contribution in [2.45, 2.75) is 25.8 Å². The number of hydrogen-bond donors (Lipinski definition) is 3. The summed E-state index contributed by atoms with van der Waals surface area (Å²) in [4.78, 5) is 21.2. The summed E-state index contributed by atoms with van der Waals surface area (Å²) in [6.07, 6.45) is 0.681. The van der Waals surface area contributed by atoms with Crippen molar-refractivity contribution in [3.05, 3.63) is 29.8 Å². The normalized spacial score (nSPS) is 11.8. The molecule has 0 spiro atoms. The van der Waals surface area contributed by atoms with E-state index in [0.717, 1.165) is 5.69 Å². The lowest BCUT2D eigenvalue weighted by Gasteiger charge is -2.14. The van der Waals surface area contributed by atoms with Crippen LogP contribution >= 0.6 is 0 Å². The molecule has 1 amide bonds. The standard InChI is InChI=1S/C12H16N2O3/c1-8(2-7-11(15)16)14-10-5-3-9(4-6-10)12(13)17/h3-6,8,14H,2,7H2,1H3,(H2,13,17)(H,15,16). The zero-order valence-electron chi connectivity index (χ0n) is 9.64. The van der Waals surface area contributed by atoms with E-state index in [1.54, 1.807) is 24.3 Å². The van der Waals surface area contributed by atoms with Gasteiger partial charge < -0.3 is 16.2 Å². The summed E-state index contributed by atoms with van der Waals surface area (Å²) < 4.78 is 0. The molecule has 5 heteroatoms. The SMILES string of the molecule is CC(CCC(=O)O)Nc1ccc(C(N)=O)cc1. The lowest BCUT2D eigenvalue weighted by molar-refractivity contribution is -0.137. The van der Waals surface area contributed by atoms with Gasteiger partial charge >= 0.3 is 5.97 Å². The Kier molecular flexibility index (Phi) is 4.51. The highest BCUT2D eigenvalue weighted by Crippen LogP contribution is 2.12. The molecule has 0 aliphatic rings. The molecule has 1 rings (SSSR count). The van der Waals surface area contributed by atoms with Crippen LogP contribution in [0.1, 0.15) is 30.1 Å². The van der Waals surface area contributed by atoms with Gasteiger partial charge in [-0.2, -0.15) is 0 Å². The number of carbonyl (C=O) groups is 2. The van der Waals surface area contributed by atoms with E-state index in [2.05, 4.69) is 5.32 Å². The summed E-state index contributed by atoms with van der Waals surface area (Å²) in [5.41, 5.74) is 6.41. The number of carbonyl (C=O) groups excluding carboxylic acids is 1. The van der Waals surface area contributed by atoms with Crippen molar-refractivity contribution in [3.8, 4) is 0 Å². The van der Waals surface area contributed by atoms with Gasteiger partial charge in [-0.15, -0.1) is 0 Å². The molecule has 1 aromatic carbocycles. The van der Waals surface area contributed by atoms with Crippen molar-refractivity contribution in [1.82, 2.24) is 0 Å². The smallest absolute Gasteiger partial charge is 0.303 e. The van der Waals surface area contributed by atoms with Crippen LogP contribution in [0.15, 0.2) is 24.3 Å². The second-order valence-electron chi connectivity index (χ2n) is 3.92. The second kappa shape index (κ2) is 5.89. The van der Waals surface area contributed by atoms with Gasteiger partial charge in [0.25, 0.3) is 0 Å². The fourth-order valence-corrected chi connectivity index (χ4v) is 1.43. The molecule has 17 heavy (non-hydrogen) atoms. The maximum absolute atomic E-state index is 10.8. The maximum Gasteiger partial charge on any atom is 0.303 e. The first kappa shape index (κ1) is 13.0. The van der Waals surface area contributed by atoms with E-state index in [0.29, 0.717) is 12.0 Å². The number of aliphatic carboxylic acids is 1. The number of amides is 1. The Balaban J connectivity index is 2.51. The Hall–Kier alpha value is -2.04. The van der Waals surface area contributed by atoms with E-state index in [1.165, 1.54) is 0 Å². The number of benzene rings is 1. The molecule has 0 aliphatic heterocycles. The van der Waals surface area contributed by atoms with E-state index in [9.17, 15) is 9.59 Å². The van der Waals surface area contributed by atoms with Gasteiger partial charge in [-0.3, -0.25) is 9.59 Å². The molecule has 0 saturated heterocycles. The van der Waals surface area contributed by atoms with Crippen molar-refractivity contribution in [3.63, 3.8) is 0 Å². The minimum Gasteiger partial charge on any atom is -0.481 e. The van der Waals surface area contributed by atoms with Gasteiger partial charge in [-0.1, -0.05) is 0 Å². The molecule has 0 heterocycles. The molecule has 0 saturated carbocycles. The van der Waals surface area contributed by atoms with Crippen LogP contribution in [0.5, 0.6) is 0 Å². The van der Waals surface area contributed by atoms with E-state index < -0.39 is 11.9 Å². The van der Waals surface area contributed by atoms with Crippen molar-refractivity contribution in [1.29, 1.82) is 0 Å². The molecule has 0 bridgehead atoms. The fourth-order valence-electron chi connectivity index (χ4n) is 1.43. The largest absolute Gasteiger partial charge is 0.481 e. The van der Waals surface area contributed by atoms with Gasteiger partial charge in [0.05, 0.1) is 0 Å². The van der Waals surface area contributed by atoms with Crippen LogP contribution in [0, 0.1) is 0 Å². The lowest BCUT2D eigenvalue weighted by Crippen LogP contribution is -2.17. The number of carboxylic acid groups (broad SMARTS) is 1. The van der Waals surface area contributed by atoms with Crippen molar-refractivity contribution in [2.24, 2.45) is 5.73 Å². The van der Waals surface area contributed by atoms with Gasteiger partial charge in [0, 0.05) is 23.7 Å². The van der Waals surface area contributed by atoms with Gasteiger partial charge in [0.2, 0.25) is 5.91 Å². The predicted molar refractivity (Wildman–Crippen MR) is 64.9 cm³/mol. The average Bonchev–Trinajstić information content (AvgIpc) is 2.27. The molecule has 1 atom stereocenters. The fraction of sp³-hybridized carbons (Fsp3) is 0.333. The third-order valence-electron chi connectivity index (χ3n) is 2.37. The van der Waals surface area contributed by atoms with E-state index in [4.69, 9.17) is 10.8 Å². The molecule has 1 aromatic rings.